The number of likely N-dealkylation sites (tertiary alicyclic amines) is 1. The Hall–Kier alpha value is -2.80. The number of benzene rings is 1. The van der Waals surface area contributed by atoms with E-state index < -0.39 is 0 Å². The van der Waals surface area contributed by atoms with E-state index in [-0.39, 0.29) is 18.0 Å². The van der Waals surface area contributed by atoms with Crippen LogP contribution in [0.1, 0.15) is 60.8 Å². The van der Waals surface area contributed by atoms with Crippen LogP contribution in [0.3, 0.4) is 0 Å². The fourth-order valence-electron chi connectivity index (χ4n) is 3.73. The number of carbonyl (C=O) groups is 1. The van der Waals surface area contributed by atoms with Gasteiger partial charge < -0.3 is 20.4 Å². The number of amides is 1. The zero-order valence-corrected chi connectivity index (χ0v) is 18.9. The van der Waals surface area contributed by atoms with E-state index in [1.807, 2.05) is 43.3 Å². The maximum atomic E-state index is 12.2. The van der Waals surface area contributed by atoms with Gasteiger partial charge in [-0.3, -0.25) is 14.7 Å². The number of carbonyl (C=O) groups excluding carboxylic acids is 1. The van der Waals surface area contributed by atoms with E-state index in [4.69, 9.17) is 4.42 Å². The molecule has 2 heterocycles. The van der Waals surface area contributed by atoms with Crippen molar-refractivity contribution in [3.8, 4) is 0 Å². The molecule has 2 atom stereocenters. The minimum Gasteiger partial charge on any atom is -0.468 e. The highest BCUT2D eigenvalue weighted by molar-refractivity contribution is 5.94. The number of furan rings is 1. The molecule has 168 valence electrons. The summed E-state index contributed by atoms with van der Waals surface area (Å²) in [5.41, 5.74) is 1.77. The fraction of sp³-hybridized carbons (Fsp3) is 0.500. The molecule has 0 saturated carbocycles. The first-order valence-electron chi connectivity index (χ1n) is 11.2. The molecule has 1 fully saturated rings. The van der Waals surface area contributed by atoms with Crippen LogP contribution in [0.15, 0.2) is 52.1 Å². The highest BCUT2D eigenvalue weighted by atomic mass is 16.3. The Morgan fingerprint density at radius 1 is 1.16 bits per heavy atom. The quantitative estimate of drug-likeness (QED) is 0.424. The molecule has 7 nitrogen and oxygen atoms in total. The van der Waals surface area contributed by atoms with Crippen LogP contribution >= 0.6 is 0 Å². The summed E-state index contributed by atoms with van der Waals surface area (Å²) in [6.07, 6.45) is 5.11. The molecule has 0 bridgehead atoms. The van der Waals surface area contributed by atoms with Gasteiger partial charge in [0, 0.05) is 31.7 Å². The van der Waals surface area contributed by atoms with Gasteiger partial charge in [0.15, 0.2) is 5.96 Å². The maximum Gasteiger partial charge on any atom is 0.251 e. The maximum absolute atomic E-state index is 12.2. The molecular formula is C24H35N5O2. The third kappa shape index (κ3) is 6.59. The van der Waals surface area contributed by atoms with Crippen LogP contribution in [-0.4, -0.2) is 49.5 Å². The first kappa shape index (κ1) is 22.9. The lowest BCUT2D eigenvalue weighted by Crippen LogP contribution is -2.42. The van der Waals surface area contributed by atoms with Crippen LogP contribution in [0.25, 0.3) is 0 Å². The third-order valence-corrected chi connectivity index (χ3v) is 5.81. The molecule has 1 aliphatic rings. The minimum absolute atomic E-state index is 0.0304. The molecule has 2 aromatic rings. The number of aliphatic imine (C=N–C) groups is 1. The number of nitrogens with zero attached hydrogens (tertiary/aromatic N) is 2. The molecule has 1 aliphatic heterocycles. The van der Waals surface area contributed by atoms with E-state index in [0.29, 0.717) is 12.1 Å². The Morgan fingerprint density at radius 2 is 1.90 bits per heavy atom. The van der Waals surface area contributed by atoms with Gasteiger partial charge in [-0.2, -0.15) is 0 Å². The molecule has 31 heavy (non-hydrogen) atoms. The minimum atomic E-state index is -0.0304. The van der Waals surface area contributed by atoms with Crippen molar-refractivity contribution in [2.24, 2.45) is 4.99 Å². The highest BCUT2D eigenvalue weighted by Crippen LogP contribution is 2.24. The van der Waals surface area contributed by atoms with E-state index >= 15 is 0 Å². The second-order valence-electron chi connectivity index (χ2n) is 8.06. The molecule has 1 aromatic heterocycles. The molecule has 1 aromatic carbocycles. The van der Waals surface area contributed by atoms with Gasteiger partial charge in [0.2, 0.25) is 0 Å². The van der Waals surface area contributed by atoms with Crippen LogP contribution in [-0.2, 0) is 6.54 Å². The van der Waals surface area contributed by atoms with Crippen molar-refractivity contribution in [2.75, 3.05) is 26.7 Å². The highest BCUT2D eigenvalue weighted by Gasteiger charge is 2.25. The Balaban J connectivity index is 1.51. The summed E-state index contributed by atoms with van der Waals surface area (Å²) in [7, 11) is 1.77. The fourth-order valence-corrected chi connectivity index (χ4v) is 3.73. The summed E-state index contributed by atoms with van der Waals surface area (Å²) in [5.74, 6) is 1.70. The van der Waals surface area contributed by atoms with E-state index in [1.54, 1.807) is 13.3 Å². The van der Waals surface area contributed by atoms with Gasteiger partial charge in [0.1, 0.15) is 5.76 Å². The smallest absolute Gasteiger partial charge is 0.251 e. The Labute approximate surface area is 185 Å². The molecule has 0 radical (unpaired) electrons. The average Bonchev–Trinajstić information content (AvgIpc) is 3.51. The number of rotatable bonds is 9. The molecule has 3 N–H and O–H groups in total. The molecule has 3 rings (SSSR count). The summed E-state index contributed by atoms with van der Waals surface area (Å²) in [6, 6.07) is 12.0. The zero-order chi connectivity index (χ0) is 22.1. The van der Waals surface area contributed by atoms with E-state index in [1.165, 1.54) is 12.8 Å². The largest absolute Gasteiger partial charge is 0.468 e. The normalized spacial score (nSPS) is 16.7. The van der Waals surface area contributed by atoms with Crippen LogP contribution < -0.4 is 16.0 Å². The third-order valence-electron chi connectivity index (χ3n) is 5.81. The summed E-state index contributed by atoms with van der Waals surface area (Å²) in [5, 5.41) is 9.78. The van der Waals surface area contributed by atoms with Crippen LogP contribution in [0.5, 0.6) is 0 Å². The predicted molar refractivity (Wildman–Crippen MR) is 124 cm³/mol. The van der Waals surface area contributed by atoms with E-state index in [9.17, 15) is 4.79 Å². The SMILES string of the molecule is CCC(C)NC(=O)c1ccc(CNC(=NC)NCC(c2ccco2)N2CCCC2)cc1. The van der Waals surface area contributed by atoms with Crippen molar-refractivity contribution < 1.29 is 9.21 Å². The molecular weight excluding hydrogens is 390 g/mol. The van der Waals surface area contributed by atoms with Gasteiger partial charge in [0.25, 0.3) is 5.91 Å². The van der Waals surface area contributed by atoms with Gasteiger partial charge >= 0.3 is 0 Å². The van der Waals surface area contributed by atoms with Crippen LogP contribution in [0, 0.1) is 0 Å². The van der Waals surface area contributed by atoms with Crippen molar-refractivity contribution in [1.82, 2.24) is 20.9 Å². The standard InChI is InChI=1S/C24H35N5O2/c1-4-18(2)28-23(30)20-11-9-19(10-12-20)16-26-24(25-3)27-17-21(22-8-7-15-31-22)29-13-5-6-14-29/h7-12,15,18,21H,4-6,13-14,16-17H2,1-3H3,(H,28,30)(H2,25,26,27). The van der Waals surface area contributed by atoms with Gasteiger partial charge in [-0.05, 0) is 69.1 Å². The van der Waals surface area contributed by atoms with Gasteiger partial charge in [-0.15, -0.1) is 0 Å². The van der Waals surface area contributed by atoms with Crippen LogP contribution in [0.4, 0.5) is 0 Å². The first-order valence-corrected chi connectivity index (χ1v) is 11.2. The van der Waals surface area contributed by atoms with Crippen molar-refractivity contribution in [1.29, 1.82) is 0 Å². The Kier molecular flexibility index (Phi) is 8.53. The number of hydrogen-bond donors (Lipinski definition) is 3. The van der Waals surface area contributed by atoms with E-state index in [2.05, 4.69) is 32.8 Å². The summed E-state index contributed by atoms with van der Waals surface area (Å²) >= 11 is 0. The van der Waals surface area contributed by atoms with Gasteiger partial charge in [0.05, 0.1) is 12.3 Å². The number of hydrogen-bond acceptors (Lipinski definition) is 4. The molecule has 7 heteroatoms. The molecule has 0 aliphatic carbocycles. The Bertz CT molecular complexity index is 826. The lowest BCUT2D eigenvalue weighted by Gasteiger charge is -2.26. The number of guanidine groups is 1. The van der Waals surface area contributed by atoms with Crippen molar-refractivity contribution in [3.05, 3.63) is 59.5 Å². The molecule has 2 unspecified atom stereocenters. The Morgan fingerprint density at radius 3 is 2.52 bits per heavy atom. The topological polar surface area (TPSA) is 81.9 Å². The van der Waals surface area contributed by atoms with Crippen molar-refractivity contribution >= 4 is 11.9 Å². The predicted octanol–water partition coefficient (Wildman–Crippen LogP) is 3.31. The second-order valence-corrected chi connectivity index (χ2v) is 8.06. The summed E-state index contributed by atoms with van der Waals surface area (Å²) in [6.45, 7) is 7.60. The first-order chi connectivity index (χ1) is 15.1. The van der Waals surface area contributed by atoms with Crippen molar-refractivity contribution in [3.63, 3.8) is 0 Å². The lowest BCUT2D eigenvalue weighted by molar-refractivity contribution is 0.0939. The summed E-state index contributed by atoms with van der Waals surface area (Å²) in [4.78, 5) is 19.0. The van der Waals surface area contributed by atoms with Gasteiger partial charge in [-0.1, -0.05) is 19.1 Å². The van der Waals surface area contributed by atoms with Crippen LogP contribution in [0.2, 0.25) is 0 Å². The van der Waals surface area contributed by atoms with E-state index in [0.717, 1.165) is 43.3 Å². The molecule has 0 spiro atoms. The lowest BCUT2D eigenvalue weighted by atomic mass is 10.1. The van der Waals surface area contributed by atoms with Gasteiger partial charge in [-0.25, -0.2) is 0 Å². The molecule has 1 amide bonds. The average molecular weight is 426 g/mol. The summed E-state index contributed by atoms with van der Waals surface area (Å²) < 4.78 is 5.69. The number of nitrogens with one attached hydrogen (secondary N) is 3. The zero-order valence-electron chi connectivity index (χ0n) is 18.9. The second kappa shape index (κ2) is 11.6. The monoisotopic (exact) mass is 425 g/mol. The molecule has 1 saturated heterocycles. The van der Waals surface area contributed by atoms with Crippen molar-refractivity contribution in [2.45, 2.75) is 51.7 Å².